The first-order valence-corrected chi connectivity index (χ1v) is 6.16. The maximum Gasteiger partial charge on any atom is 0.118 e. The Bertz CT molecular complexity index is 323. The number of rotatable bonds is 6. The fourth-order valence-electron chi connectivity index (χ4n) is 1.75. The standard InChI is InChI=1S/C14H23NO2/c1-5-10(2)15-11(3)14(16)12-6-8-13(17-4)9-7-12/h6-11,14-16H,5H2,1-4H3. The van der Waals surface area contributed by atoms with Gasteiger partial charge in [0.25, 0.3) is 0 Å². The second-order valence-electron chi connectivity index (χ2n) is 4.48. The van der Waals surface area contributed by atoms with Crippen LogP contribution in [0.1, 0.15) is 38.9 Å². The van der Waals surface area contributed by atoms with Crippen LogP contribution in [0.3, 0.4) is 0 Å². The number of hydrogen-bond acceptors (Lipinski definition) is 3. The van der Waals surface area contributed by atoms with Gasteiger partial charge in [-0.3, -0.25) is 0 Å². The molecule has 0 saturated carbocycles. The zero-order valence-corrected chi connectivity index (χ0v) is 11.1. The topological polar surface area (TPSA) is 41.5 Å². The second-order valence-corrected chi connectivity index (χ2v) is 4.48. The van der Waals surface area contributed by atoms with Gasteiger partial charge in [-0.05, 0) is 38.0 Å². The van der Waals surface area contributed by atoms with Crippen LogP contribution >= 0.6 is 0 Å². The molecule has 0 aliphatic carbocycles. The average molecular weight is 237 g/mol. The molecule has 1 aromatic rings. The van der Waals surface area contributed by atoms with Gasteiger partial charge in [0.2, 0.25) is 0 Å². The molecule has 1 rings (SSSR count). The monoisotopic (exact) mass is 237 g/mol. The van der Waals surface area contributed by atoms with Crippen molar-refractivity contribution < 1.29 is 9.84 Å². The van der Waals surface area contributed by atoms with E-state index in [-0.39, 0.29) is 6.04 Å². The Labute approximate surface area is 104 Å². The smallest absolute Gasteiger partial charge is 0.118 e. The molecule has 3 heteroatoms. The SMILES string of the molecule is CCC(C)NC(C)C(O)c1ccc(OC)cc1. The van der Waals surface area contributed by atoms with Crippen LogP contribution in [-0.2, 0) is 0 Å². The van der Waals surface area contributed by atoms with Crippen molar-refractivity contribution in [3.8, 4) is 5.75 Å². The summed E-state index contributed by atoms with van der Waals surface area (Å²) in [6, 6.07) is 8.00. The summed E-state index contributed by atoms with van der Waals surface area (Å²) in [5.41, 5.74) is 0.911. The minimum absolute atomic E-state index is 0.0401. The maximum absolute atomic E-state index is 10.2. The van der Waals surface area contributed by atoms with Gasteiger partial charge in [-0.2, -0.15) is 0 Å². The lowest BCUT2D eigenvalue weighted by atomic mass is 10.0. The molecule has 2 N–H and O–H groups in total. The van der Waals surface area contributed by atoms with Crippen molar-refractivity contribution in [2.24, 2.45) is 0 Å². The Morgan fingerprint density at radius 3 is 2.29 bits per heavy atom. The van der Waals surface area contributed by atoms with Crippen molar-refractivity contribution in [2.45, 2.75) is 45.4 Å². The predicted molar refractivity (Wildman–Crippen MR) is 70.3 cm³/mol. The molecule has 0 amide bonds. The van der Waals surface area contributed by atoms with E-state index < -0.39 is 6.10 Å². The third kappa shape index (κ3) is 4.02. The highest BCUT2D eigenvalue weighted by molar-refractivity contribution is 5.28. The Kier molecular flexibility index (Phi) is 5.45. The van der Waals surface area contributed by atoms with Gasteiger partial charge in [-0.15, -0.1) is 0 Å². The van der Waals surface area contributed by atoms with E-state index >= 15 is 0 Å². The van der Waals surface area contributed by atoms with Gasteiger partial charge in [0.05, 0.1) is 13.2 Å². The summed E-state index contributed by atoms with van der Waals surface area (Å²) in [6.07, 6.45) is 0.564. The van der Waals surface area contributed by atoms with E-state index in [4.69, 9.17) is 4.74 Å². The van der Waals surface area contributed by atoms with E-state index in [1.807, 2.05) is 31.2 Å². The second kappa shape index (κ2) is 6.62. The van der Waals surface area contributed by atoms with Crippen molar-refractivity contribution in [3.05, 3.63) is 29.8 Å². The highest BCUT2D eigenvalue weighted by Crippen LogP contribution is 2.20. The largest absolute Gasteiger partial charge is 0.497 e. The molecule has 96 valence electrons. The number of benzene rings is 1. The molecular formula is C14H23NO2. The zero-order chi connectivity index (χ0) is 12.8. The molecule has 3 atom stereocenters. The van der Waals surface area contributed by atoms with Gasteiger partial charge in [-0.25, -0.2) is 0 Å². The summed E-state index contributed by atoms with van der Waals surface area (Å²) in [4.78, 5) is 0. The van der Waals surface area contributed by atoms with Crippen molar-refractivity contribution in [3.63, 3.8) is 0 Å². The fourth-order valence-corrected chi connectivity index (χ4v) is 1.75. The van der Waals surface area contributed by atoms with Crippen LogP contribution in [0.25, 0.3) is 0 Å². The minimum Gasteiger partial charge on any atom is -0.497 e. The van der Waals surface area contributed by atoms with E-state index in [1.54, 1.807) is 7.11 Å². The van der Waals surface area contributed by atoms with E-state index in [2.05, 4.69) is 19.2 Å². The summed E-state index contributed by atoms with van der Waals surface area (Å²) in [5.74, 6) is 0.809. The number of ether oxygens (including phenoxy) is 1. The molecular weight excluding hydrogens is 214 g/mol. The highest BCUT2D eigenvalue weighted by atomic mass is 16.5. The van der Waals surface area contributed by atoms with Crippen LogP contribution in [0, 0.1) is 0 Å². The molecule has 0 spiro atoms. The van der Waals surface area contributed by atoms with Crippen molar-refractivity contribution in [1.82, 2.24) is 5.32 Å². The molecule has 0 fully saturated rings. The minimum atomic E-state index is -0.491. The number of aliphatic hydroxyl groups excluding tert-OH is 1. The molecule has 3 unspecified atom stereocenters. The van der Waals surface area contributed by atoms with Crippen LogP contribution < -0.4 is 10.1 Å². The first-order valence-electron chi connectivity index (χ1n) is 6.16. The van der Waals surface area contributed by atoms with Crippen LogP contribution in [-0.4, -0.2) is 24.3 Å². The predicted octanol–water partition coefficient (Wildman–Crippen LogP) is 2.51. The molecule has 0 bridgehead atoms. The lowest BCUT2D eigenvalue weighted by Gasteiger charge is -2.24. The third-order valence-corrected chi connectivity index (χ3v) is 3.09. The first-order chi connectivity index (χ1) is 8.08. The molecule has 0 aromatic heterocycles. The Hall–Kier alpha value is -1.06. The molecule has 1 aromatic carbocycles. The van der Waals surface area contributed by atoms with E-state index in [0.29, 0.717) is 6.04 Å². The van der Waals surface area contributed by atoms with Crippen LogP contribution in [0.15, 0.2) is 24.3 Å². The summed E-state index contributed by atoms with van der Waals surface area (Å²) in [7, 11) is 1.64. The molecule has 0 aliphatic heterocycles. The van der Waals surface area contributed by atoms with E-state index in [9.17, 15) is 5.11 Å². The van der Waals surface area contributed by atoms with Crippen LogP contribution in [0.4, 0.5) is 0 Å². The van der Waals surface area contributed by atoms with E-state index in [1.165, 1.54) is 0 Å². The van der Waals surface area contributed by atoms with Gasteiger partial charge in [0.15, 0.2) is 0 Å². The van der Waals surface area contributed by atoms with Gasteiger partial charge in [0.1, 0.15) is 5.75 Å². The maximum atomic E-state index is 10.2. The van der Waals surface area contributed by atoms with Crippen LogP contribution in [0.5, 0.6) is 5.75 Å². The molecule has 3 nitrogen and oxygen atoms in total. The summed E-state index contributed by atoms with van der Waals surface area (Å²) in [6.45, 7) is 6.25. The highest BCUT2D eigenvalue weighted by Gasteiger charge is 2.17. The van der Waals surface area contributed by atoms with Gasteiger partial charge in [0, 0.05) is 12.1 Å². The average Bonchev–Trinajstić information content (AvgIpc) is 2.37. The van der Waals surface area contributed by atoms with Gasteiger partial charge < -0.3 is 15.2 Å². The quantitative estimate of drug-likeness (QED) is 0.798. The lowest BCUT2D eigenvalue weighted by molar-refractivity contribution is 0.130. The van der Waals surface area contributed by atoms with Crippen molar-refractivity contribution in [1.29, 1.82) is 0 Å². The number of hydrogen-bond donors (Lipinski definition) is 2. The normalized spacial score (nSPS) is 16.3. The van der Waals surface area contributed by atoms with Gasteiger partial charge in [-0.1, -0.05) is 19.1 Å². The van der Waals surface area contributed by atoms with Crippen LogP contribution in [0.2, 0.25) is 0 Å². The zero-order valence-electron chi connectivity index (χ0n) is 11.1. The molecule has 0 radical (unpaired) electrons. The molecule has 0 aliphatic rings. The van der Waals surface area contributed by atoms with Crippen molar-refractivity contribution >= 4 is 0 Å². The lowest BCUT2D eigenvalue weighted by Crippen LogP contribution is -2.38. The molecule has 0 heterocycles. The molecule has 17 heavy (non-hydrogen) atoms. The summed E-state index contributed by atoms with van der Waals surface area (Å²) < 4.78 is 5.09. The number of methoxy groups -OCH3 is 1. The van der Waals surface area contributed by atoms with Gasteiger partial charge >= 0.3 is 0 Å². The Morgan fingerprint density at radius 1 is 1.24 bits per heavy atom. The van der Waals surface area contributed by atoms with Crippen molar-refractivity contribution in [2.75, 3.05) is 7.11 Å². The Balaban J connectivity index is 2.64. The number of nitrogens with one attached hydrogen (secondary N) is 1. The summed E-state index contributed by atoms with van der Waals surface area (Å²) in [5, 5.41) is 13.6. The third-order valence-electron chi connectivity index (χ3n) is 3.09. The van der Waals surface area contributed by atoms with E-state index in [0.717, 1.165) is 17.7 Å². The number of aliphatic hydroxyl groups is 1. The fraction of sp³-hybridized carbons (Fsp3) is 0.571. The molecule has 0 saturated heterocycles. The first kappa shape index (κ1) is 14.0. The summed E-state index contributed by atoms with van der Waals surface area (Å²) >= 11 is 0. The Morgan fingerprint density at radius 2 is 1.82 bits per heavy atom.